The number of aromatic nitrogens is 3. The second-order valence-electron chi connectivity index (χ2n) is 5.10. The van der Waals surface area contributed by atoms with E-state index < -0.39 is 10.0 Å². The van der Waals surface area contributed by atoms with Crippen molar-refractivity contribution in [3.63, 3.8) is 0 Å². The lowest BCUT2D eigenvalue weighted by atomic mass is 10.2. The van der Waals surface area contributed by atoms with Gasteiger partial charge in [-0.2, -0.15) is 4.31 Å². The highest BCUT2D eigenvalue weighted by Crippen LogP contribution is 2.28. The molecule has 0 bridgehead atoms. The van der Waals surface area contributed by atoms with E-state index in [2.05, 4.69) is 10.3 Å². The van der Waals surface area contributed by atoms with Gasteiger partial charge in [-0.25, -0.2) is 13.1 Å². The molecule has 2 heterocycles. The molecule has 112 valence electrons. The Labute approximate surface area is 128 Å². The third kappa shape index (κ3) is 2.68. The van der Waals surface area contributed by atoms with Crippen LogP contribution in [0.25, 0.3) is 0 Å². The predicted molar refractivity (Wildman–Crippen MR) is 78.6 cm³/mol. The van der Waals surface area contributed by atoms with Crippen molar-refractivity contribution in [1.29, 1.82) is 0 Å². The molecule has 0 N–H and O–H groups in total. The van der Waals surface area contributed by atoms with Crippen LogP contribution in [0.4, 0.5) is 0 Å². The largest absolute Gasteiger partial charge is 0.248 e. The maximum atomic E-state index is 12.6. The van der Waals surface area contributed by atoms with Crippen LogP contribution in [-0.2, 0) is 10.0 Å². The highest BCUT2D eigenvalue weighted by Gasteiger charge is 2.33. The normalized spacial score (nSPS) is 20.0. The summed E-state index contributed by atoms with van der Waals surface area (Å²) >= 11 is 6.03. The third-order valence-corrected chi connectivity index (χ3v) is 5.99. The number of hydrogen-bond donors (Lipinski definition) is 0. The van der Waals surface area contributed by atoms with Crippen LogP contribution in [0.3, 0.4) is 0 Å². The van der Waals surface area contributed by atoms with Gasteiger partial charge in [0.05, 0.1) is 17.1 Å². The Kier molecular flexibility index (Phi) is 3.73. The molecule has 2 aromatic rings. The van der Waals surface area contributed by atoms with Crippen molar-refractivity contribution in [2.45, 2.75) is 24.3 Å². The van der Waals surface area contributed by atoms with Gasteiger partial charge in [0.1, 0.15) is 0 Å². The van der Waals surface area contributed by atoms with Crippen molar-refractivity contribution in [1.82, 2.24) is 19.3 Å². The molecule has 8 heteroatoms. The summed E-state index contributed by atoms with van der Waals surface area (Å²) in [5.74, 6) is 0. The van der Waals surface area contributed by atoms with Gasteiger partial charge in [-0.1, -0.05) is 22.9 Å². The third-order valence-electron chi connectivity index (χ3n) is 3.72. The Morgan fingerprint density at radius 2 is 2.19 bits per heavy atom. The molecule has 1 saturated heterocycles. The van der Waals surface area contributed by atoms with Crippen molar-refractivity contribution in [3.05, 3.63) is 41.2 Å². The molecule has 1 aromatic carbocycles. The van der Waals surface area contributed by atoms with Crippen LogP contribution in [0.1, 0.15) is 18.0 Å². The van der Waals surface area contributed by atoms with Gasteiger partial charge in [0, 0.05) is 24.3 Å². The van der Waals surface area contributed by atoms with Crippen LogP contribution < -0.4 is 0 Å². The van der Waals surface area contributed by atoms with E-state index >= 15 is 0 Å². The lowest BCUT2D eigenvalue weighted by Crippen LogP contribution is -2.29. The Morgan fingerprint density at radius 1 is 1.38 bits per heavy atom. The van der Waals surface area contributed by atoms with Crippen molar-refractivity contribution in [2.75, 3.05) is 13.1 Å². The Morgan fingerprint density at radius 3 is 2.86 bits per heavy atom. The van der Waals surface area contributed by atoms with Crippen LogP contribution >= 0.6 is 11.6 Å². The van der Waals surface area contributed by atoms with Crippen LogP contribution in [0.15, 0.2) is 35.5 Å². The second kappa shape index (κ2) is 5.40. The summed E-state index contributed by atoms with van der Waals surface area (Å²) in [5, 5.41) is 8.16. The average Bonchev–Trinajstić information content (AvgIpc) is 3.11. The molecule has 21 heavy (non-hydrogen) atoms. The molecule has 0 saturated carbocycles. The fraction of sp³-hybridized carbons (Fsp3) is 0.385. The first kappa shape index (κ1) is 14.5. The molecule has 1 aliphatic heterocycles. The molecule has 1 fully saturated rings. The fourth-order valence-corrected chi connectivity index (χ4v) is 4.20. The van der Waals surface area contributed by atoms with Crippen LogP contribution in [-0.4, -0.2) is 40.8 Å². The quantitative estimate of drug-likeness (QED) is 0.863. The van der Waals surface area contributed by atoms with Gasteiger partial charge >= 0.3 is 0 Å². The number of benzene rings is 1. The van der Waals surface area contributed by atoms with E-state index in [0.29, 0.717) is 18.1 Å². The van der Waals surface area contributed by atoms with E-state index in [9.17, 15) is 8.42 Å². The van der Waals surface area contributed by atoms with Gasteiger partial charge in [-0.15, -0.1) is 5.10 Å². The first-order chi connectivity index (χ1) is 9.98. The minimum absolute atomic E-state index is 0.0307. The van der Waals surface area contributed by atoms with Gasteiger partial charge in [0.25, 0.3) is 0 Å². The summed E-state index contributed by atoms with van der Waals surface area (Å²) in [4.78, 5) is 0.234. The highest BCUT2D eigenvalue weighted by atomic mass is 35.5. The number of halogens is 1. The zero-order valence-corrected chi connectivity index (χ0v) is 13.0. The fourth-order valence-electron chi connectivity index (χ4n) is 2.44. The summed E-state index contributed by atoms with van der Waals surface area (Å²) in [6.45, 7) is 2.71. The molecule has 3 rings (SSSR count). The molecule has 1 atom stereocenters. The first-order valence-corrected chi connectivity index (χ1v) is 8.42. The molecule has 0 spiro atoms. The molecule has 1 aliphatic rings. The summed E-state index contributed by atoms with van der Waals surface area (Å²) in [7, 11) is -3.51. The van der Waals surface area contributed by atoms with Crippen LogP contribution in [0.5, 0.6) is 0 Å². The molecule has 0 amide bonds. The lowest BCUT2D eigenvalue weighted by molar-refractivity contribution is 0.428. The minimum atomic E-state index is -3.51. The monoisotopic (exact) mass is 326 g/mol. The van der Waals surface area contributed by atoms with Gasteiger partial charge in [-0.05, 0) is 31.0 Å². The van der Waals surface area contributed by atoms with Crippen LogP contribution in [0.2, 0.25) is 5.02 Å². The van der Waals surface area contributed by atoms with Gasteiger partial charge in [0.15, 0.2) is 0 Å². The number of aryl methyl sites for hydroxylation is 1. The van der Waals surface area contributed by atoms with E-state index in [0.717, 1.165) is 12.0 Å². The zero-order chi connectivity index (χ0) is 15.0. The maximum Gasteiger partial charge on any atom is 0.243 e. The molecule has 1 aromatic heterocycles. The van der Waals surface area contributed by atoms with Crippen molar-refractivity contribution in [2.24, 2.45) is 0 Å². The predicted octanol–water partition coefficient (Wildman–Crippen LogP) is 1.88. The SMILES string of the molecule is Cc1ccc(S(=O)(=O)N2CCC(n3ccnn3)C2)cc1Cl. The Bertz CT molecular complexity index is 746. The number of rotatable bonds is 3. The zero-order valence-electron chi connectivity index (χ0n) is 11.5. The van der Waals surface area contributed by atoms with E-state index in [1.54, 1.807) is 29.2 Å². The van der Waals surface area contributed by atoms with Gasteiger partial charge in [-0.3, -0.25) is 0 Å². The van der Waals surface area contributed by atoms with E-state index in [-0.39, 0.29) is 10.9 Å². The topological polar surface area (TPSA) is 68.1 Å². The first-order valence-electron chi connectivity index (χ1n) is 6.60. The molecular weight excluding hydrogens is 312 g/mol. The lowest BCUT2D eigenvalue weighted by Gasteiger charge is -2.17. The van der Waals surface area contributed by atoms with Crippen molar-refractivity contribution in [3.8, 4) is 0 Å². The van der Waals surface area contributed by atoms with Gasteiger partial charge in [0.2, 0.25) is 10.0 Å². The van der Waals surface area contributed by atoms with E-state index in [4.69, 9.17) is 11.6 Å². The second-order valence-corrected chi connectivity index (χ2v) is 7.44. The van der Waals surface area contributed by atoms with Crippen molar-refractivity contribution < 1.29 is 8.42 Å². The molecule has 6 nitrogen and oxygen atoms in total. The van der Waals surface area contributed by atoms with Crippen molar-refractivity contribution >= 4 is 21.6 Å². The highest BCUT2D eigenvalue weighted by molar-refractivity contribution is 7.89. The molecule has 0 radical (unpaired) electrons. The van der Waals surface area contributed by atoms with Gasteiger partial charge < -0.3 is 0 Å². The standard InChI is InChI=1S/C13H15ClN4O2S/c1-10-2-3-12(8-13(10)14)21(19,20)17-6-4-11(9-17)18-7-5-15-16-18/h2-3,5,7-8,11H,4,6,9H2,1H3. The summed E-state index contributed by atoms with van der Waals surface area (Å²) in [5.41, 5.74) is 0.859. The Hall–Kier alpha value is -1.44. The minimum Gasteiger partial charge on any atom is -0.248 e. The van der Waals surface area contributed by atoms with E-state index in [1.165, 1.54) is 10.4 Å². The van der Waals surface area contributed by atoms with E-state index in [1.807, 2.05) is 6.92 Å². The number of hydrogen-bond acceptors (Lipinski definition) is 4. The smallest absolute Gasteiger partial charge is 0.243 e. The summed E-state index contributed by atoms with van der Waals surface area (Å²) in [6, 6.07) is 4.86. The summed E-state index contributed by atoms with van der Waals surface area (Å²) < 4.78 is 28.4. The maximum absolute atomic E-state index is 12.6. The molecular formula is C13H15ClN4O2S. The molecule has 0 aliphatic carbocycles. The summed E-state index contributed by atoms with van der Waals surface area (Å²) in [6.07, 6.45) is 4.07. The number of sulfonamides is 1. The van der Waals surface area contributed by atoms with Crippen LogP contribution in [0, 0.1) is 6.92 Å². The molecule has 1 unspecified atom stereocenters. The number of nitrogens with zero attached hydrogens (tertiary/aromatic N) is 4. The average molecular weight is 327 g/mol. The Balaban J connectivity index is 1.84.